The summed E-state index contributed by atoms with van der Waals surface area (Å²) >= 11 is 0. The van der Waals surface area contributed by atoms with E-state index < -0.39 is 4.92 Å². The third kappa shape index (κ3) is 3.60. The number of para-hydroxylation sites is 1. The zero-order chi connectivity index (χ0) is 15.9. The molecule has 2 aromatic rings. The first-order valence-corrected chi connectivity index (χ1v) is 6.74. The van der Waals surface area contributed by atoms with E-state index in [9.17, 15) is 10.1 Å². The standard InChI is InChI=1S/C16H16N2O4/c1-3-22-16-7-5-4-6-12(16)11-17-14-9-8-13(21-2)10-15(14)18(19)20/h4-11H,3H2,1-2H3. The quantitative estimate of drug-likeness (QED) is 0.462. The van der Waals surface area contributed by atoms with E-state index in [-0.39, 0.29) is 11.4 Å². The Morgan fingerprint density at radius 3 is 2.73 bits per heavy atom. The van der Waals surface area contributed by atoms with Gasteiger partial charge in [0.25, 0.3) is 5.69 Å². The molecule has 2 rings (SSSR count). The van der Waals surface area contributed by atoms with Crippen LogP contribution in [0, 0.1) is 10.1 Å². The molecule has 0 amide bonds. The fourth-order valence-corrected chi connectivity index (χ4v) is 1.90. The van der Waals surface area contributed by atoms with Gasteiger partial charge in [-0.25, -0.2) is 4.99 Å². The van der Waals surface area contributed by atoms with Gasteiger partial charge >= 0.3 is 0 Å². The molecule has 0 fully saturated rings. The summed E-state index contributed by atoms with van der Waals surface area (Å²) in [6, 6.07) is 11.9. The summed E-state index contributed by atoms with van der Waals surface area (Å²) < 4.78 is 10.5. The van der Waals surface area contributed by atoms with E-state index in [2.05, 4.69) is 4.99 Å². The highest BCUT2D eigenvalue weighted by atomic mass is 16.6. The monoisotopic (exact) mass is 300 g/mol. The SMILES string of the molecule is CCOc1ccccc1C=Nc1ccc(OC)cc1[N+](=O)[O-]. The molecule has 0 atom stereocenters. The van der Waals surface area contributed by atoms with Gasteiger partial charge in [0.05, 0.1) is 24.7 Å². The van der Waals surface area contributed by atoms with Gasteiger partial charge in [-0.2, -0.15) is 0 Å². The molecule has 0 saturated heterocycles. The van der Waals surface area contributed by atoms with Crippen LogP contribution in [-0.2, 0) is 0 Å². The third-order valence-corrected chi connectivity index (χ3v) is 2.94. The van der Waals surface area contributed by atoms with Gasteiger partial charge in [0.15, 0.2) is 0 Å². The molecule has 6 nitrogen and oxygen atoms in total. The molecule has 0 spiro atoms. The van der Waals surface area contributed by atoms with Crippen LogP contribution in [0.4, 0.5) is 11.4 Å². The Morgan fingerprint density at radius 2 is 2.05 bits per heavy atom. The number of hydrogen-bond acceptors (Lipinski definition) is 5. The summed E-state index contributed by atoms with van der Waals surface area (Å²) in [6.07, 6.45) is 1.56. The fraction of sp³-hybridized carbons (Fsp3) is 0.188. The van der Waals surface area contributed by atoms with Crippen molar-refractivity contribution in [3.05, 3.63) is 58.1 Å². The van der Waals surface area contributed by atoms with Crippen LogP contribution in [0.15, 0.2) is 47.5 Å². The largest absolute Gasteiger partial charge is 0.496 e. The number of rotatable bonds is 6. The molecule has 6 heteroatoms. The molecule has 0 aliphatic rings. The lowest BCUT2D eigenvalue weighted by atomic mass is 10.2. The minimum Gasteiger partial charge on any atom is -0.496 e. The maximum Gasteiger partial charge on any atom is 0.298 e. The van der Waals surface area contributed by atoms with Crippen molar-refractivity contribution < 1.29 is 14.4 Å². The minimum absolute atomic E-state index is 0.107. The second-order valence-electron chi connectivity index (χ2n) is 4.34. The number of benzene rings is 2. The predicted molar refractivity (Wildman–Crippen MR) is 84.5 cm³/mol. The average molecular weight is 300 g/mol. The highest BCUT2D eigenvalue weighted by Crippen LogP contribution is 2.31. The molecule has 0 aliphatic heterocycles. The Morgan fingerprint density at radius 1 is 1.27 bits per heavy atom. The number of methoxy groups -OCH3 is 1. The van der Waals surface area contributed by atoms with E-state index in [4.69, 9.17) is 9.47 Å². The fourth-order valence-electron chi connectivity index (χ4n) is 1.90. The molecule has 0 aliphatic carbocycles. The van der Waals surface area contributed by atoms with E-state index in [1.165, 1.54) is 13.2 Å². The Hall–Kier alpha value is -2.89. The molecule has 114 valence electrons. The molecule has 0 bridgehead atoms. The average Bonchev–Trinajstić information content (AvgIpc) is 2.54. The highest BCUT2D eigenvalue weighted by molar-refractivity contribution is 5.86. The van der Waals surface area contributed by atoms with E-state index in [0.29, 0.717) is 18.1 Å². The van der Waals surface area contributed by atoms with Gasteiger partial charge in [-0.15, -0.1) is 0 Å². The summed E-state index contributed by atoms with van der Waals surface area (Å²) in [7, 11) is 1.46. The van der Waals surface area contributed by atoms with Gasteiger partial charge in [-0.05, 0) is 31.2 Å². The minimum atomic E-state index is -0.482. The normalized spacial score (nSPS) is 10.6. The maximum absolute atomic E-state index is 11.1. The van der Waals surface area contributed by atoms with Crippen LogP contribution in [-0.4, -0.2) is 24.9 Å². The van der Waals surface area contributed by atoms with Crippen molar-refractivity contribution in [3.8, 4) is 11.5 Å². The third-order valence-electron chi connectivity index (χ3n) is 2.94. The van der Waals surface area contributed by atoms with Crippen molar-refractivity contribution in [3.63, 3.8) is 0 Å². The van der Waals surface area contributed by atoms with Gasteiger partial charge < -0.3 is 9.47 Å². The van der Waals surface area contributed by atoms with Crippen molar-refractivity contribution in [1.29, 1.82) is 0 Å². The van der Waals surface area contributed by atoms with Crippen LogP contribution in [0.2, 0.25) is 0 Å². The van der Waals surface area contributed by atoms with Crippen molar-refractivity contribution in [2.24, 2.45) is 4.99 Å². The highest BCUT2D eigenvalue weighted by Gasteiger charge is 2.14. The topological polar surface area (TPSA) is 74.0 Å². The number of nitro benzene ring substituents is 1. The summed E-state index contributed by atoms with van der Waals surface area (Å²) in [5.74, 6) is 1.10. The zero-order valence-corrected chi connectivity index (χ0v) is 12.4. The number of ether oxygens (including phenoxy) is 2. The summed E-state index contributed by atoms with van der Waals surface area (Å²) in [4.78, 5) is 14.9. The number of hydrogen-bond donors (Lipinski definition) is 0. The number of aliphatic imine (C=N–C) groups is 1. The molecule has 2 aromatic carbocycles. The van der Waals surface area contributed by atoms with Gasteiger partial charge in [0, 0.05) is 11.8 Å². The van der Waals surface area contributed by atoms with Crippen LogP contribution in [0.3, 0.4) is 0 Å². The molecule has 0 unspecified atom stereocenters. The van der Waals surface area contributed by atoms with Gasteiger partial charge in [0.2, 0.25) is 0 Å². The first kappa shape index (κ1) is 15.5. The number of nitro groups is 1. The second kappa shape index (κ2) is 7.21. The summed E-state index contributed by atoms with van der Waals surface area (Å²) in [5.41, 5.74) is 0.913. The van der Waals surface area contributed by atoms with Crippen LogP contribution in [0.5, 0.6) is 11.5 Å². The first-order valence-electron chi connectivity index (χ1n) is 6.74. The van der Waals surface area contributed by atoms with Crippen LogP contribution >= 0.6 is 0 Å². The van der Waals surface area contributed by atoms with Crippen LogP contribution in [0.1, 0.15) is 12.5 Å². The van der Waals surface area contributed by atoms with Gasteiger partial charge in [-0.3, -0.25) is 10.1 Å². The summed E-state index contributed by atoms with van der Waals surface area (Å²) in [6.45, 7) is 2.43. The number of nitrogens with zero attached hydrogens (tertiary/aromatic N) is 2. The Kier molecular flexibility index (Phi) is 5.08. The smallest absolute Gasteiger partial charge is 0.298 e. The summed E-state index contributed by atoms with van der Waals surface area (Å²) in [5, 5.41) is 11.1. The van der Waals surface area contributed by atoms with Gasteiger partial charge in [-0.1, -0.05) is 12.1 Å². The van der Waals surface area contributed by atoms with Crippen molar-refractivity contribution in [2.75, 3.05) is 13.7 Å². The molecule has 0 N–H and O–H groups in total. The van der Waals surface area contributed by atoms with Crippen LogP contribution < -0.4 is 9.47 Å². The van der Waals surface area contributed by atoms with Gasteiger partial charge in [0.1, 0.15) is 17.2 Å². The van der Waals surface area contributed by atoms with E-state index in [1.54, 1.807) is 18.3 Å². The van der Waals surface area contributed by atoms with Crippen molar-refractivity contribution in [1.82, 2.24) is 0 Å². The Labute approximate surface area is 128 Å². The molecular formula is C16H16N2O4. The molecule has 0 radical (unpaired) electrons. The van der Waals surface area contributed by atoms with E-state index in [0.717, 1.165) is 5.56 Å². The molecule has 0 heterocycles. The molecule has 0 saturated carbocycles. The lowest BCUT2D eigenvalue weighted by Crippen LogP contribution is -1.95. The second-order valence-corrected chi connectivity index (χ2v) is 4.34. The van der Waals surface area contributed by atoms with Crippen LogP contribution in [0.25, 0.3) is 0 Å². The van der Waals surface area contributed by atoms with E-state index >= 15 is 0 Å². The lowest BCUT2D eigenvalue weighted by molar-refractivity contribution is -0.384. The van der Waals surface area contributed by atoms with Crippen molar-refractivity contribution in [2.45, 2.75) is 6.92 Å². The molecule has 0 aromatic heterocycles. The Bertz CT molecular complexity index is 698. The maximum atomic E-state index is 11.1. The zero-order valence-electron chi connectivity index (χ0n) is 12.4. The lowest BCUT2D eigenvalue weighted by Gasteiger charge is -2.06. The molecule has 22 heavy (non-hydrogen) atoms. The first-order chi connectivity index (χ1) is 10.7. The Balaban J connectivity index is 2.36. The predicted octanol–water partition coefficient (Wildman–Crippen LogP) is 3.75. The van der Waals surface area contributed by atoms with Crippen molar-refractivity contribution >= 4 is 17.6 Å². The molecular weight excluding hydrogens is 284 g/mol. The van der Waals surface area contributed by atoms with E-state index in [1.807, 2.05) is 31.2 Å².